The van der Waals surface area contributed by atoms with Crippen LogP contribution in [0.4, 0.5) is 5.69 Å². The molecule has 6 heteroatoms. The van der Waals surface area contributed by atoms with E-state index in [0.717, 1.165) is 34.2 Å². The maximum absolute atomic E-state index is 5.84. The molecule has 0 amide bonds. The SMILES string of the molecule is COc1ccc(-n2c(C)ccc2[C@@H]2[C@H](c3ccccn3)NC(=S)N2c2ccccc2)cc1. The minimum atomic E-state index is -0.0878. The molecule has 32 heavy (non-hydrogen) atoms. The lowest BCUT2D eigenvalue weighted by Crippen LogP contribution is -2.30. The summed E-state index contributed by atoms with van der Waals surface area (Å²) in [6, 6.07) is 28.6. The number of thiocarbonyl (C=S) groups is 1. The quantitative estimate of drug-likeness (QED) is 0.423. The largest absolute Gasteiger partial charge is 0.497 e. The van der Waals surface area contributed by atoms with Crippen molar-refractivity contribution in [1.29, 1.82) is 0 Å². The topological polar surface area (TPSA) is 42.3 Å². The predicted octanol–water partition coefficient (Wildman–Crippen LogP) is 5.37. The molecule has 160 valence electrons. The van der Waals surface area contributed by atoms with Crippen molar-refractivity contribution in [2.75, 3.05) is 12.0 Å². The third kappa shape index (κ3) is 3.52. The van der Waals surface area contributed by atoms with Crippen LogP contribution in [0, 0.1) is 6.92 Å². The van der Waals surface area contributed by atoms with Gasteiger partial charge in [-0.2, -0.15) is 0 Å². The van der Waals surface area contributed by atoms with Crippen LogP contribution < -0.4 is 15.0 Å². The van der Waals surface area contributed by atoms with Crippen molar-refractivity contribution in [1.82, 2.24) is 14.9 Å². The molecular weight excluding hydrogens is 416 g/mol. The molecule has 0 bridgehead atoms. The Balaban J connectivity index is 1.68. The van der Waals surface area contributed by atoms with Crippen molar-refractivity contribution >= 4 is 23.0 Å². The number of nitrogens with zero attached hydrogens (tertiary/aromatic N) is 3. The van der Waals surface area contributed by atoms with E-state index in [1.807, 2.05) is 48.7 Å². The van der Waals surface area contributed by atoms with E-state index in [2.05, 4.69) is 69.2 Å². The number of anilines is 1. The zero-order valence-corrected chi connectivity index (χ0v) is 18.8. The number of aryl methyl sites for hydroxylation is 1. The average Bonchev–Trinajstić information content (AvgIpc) is 3.39. The monoisotopic (exact) mass is 440 g/mol. The third-order valence-electron chi connectivity index (χ3n) is 5.87. The summed E-state index contributed by atoms with van der Waals surface area (Å²) in [6.07, 6.45) is 1.83. The molecule has 1 aliphatic heterocycles. The summed E-state index contributed by atoms with van der Waals surface area (Å²) in [5, 5.41) is 4.23. The van der Waals surface area contributed by atoms with Gasteiger partial charge in [0.05, 0.1) is 18.8 Å². The summed E-state index contributed by atoms with van der Waals surface area (Å²) in [5.74, 6) is 0.834. The van der Waals surface area contributed by atoms with E-state index in [1.165, 1.54) is 0 Å². The van der Waals surface area contributed by atoms with Gasteiger partial charge in [0.2, 0.25) is 0 Å². The fraction of sp³-hybridized carbons (Fsp3) is 0.154. The van der Waals surface area contributed by atoms with E-state index in [9.17, 15) is 0 Å². The first-order valence-electron chi connectivity index (χ1n) is 10.6. The molecule has 1 fully saturated rings. The molecule has 3 heterocycles. The zero-order chi connectivity index (χ0) is 22.1. The standard InChI is InChI=1S/C26H24N4OS/c1-18-11-16-23(29(18)20-12-14-21(31-2)15-13-20)25-24(22-10-6-7-17-27-22)28-26(32)30(25)19-8-4-3-5-9-19/h3-17,24-25H,1-2H3,(H,28,32)/t24-,25+/m0/s1. The zero-order valence-electron chi connectivity index (χ0n) is 18.0. The highest BCUT2D eigenvalue weighted by molar-refractivity contribution is 7.80. The number of methoxy groups -OCH3 is 1. The molecule has 0 saturated carbocycles. The van der Waals surface area contributed by atoms with Gasteiger partial charge in [0, 0.05) is 29.0 Å². The van der Waals surface area contributed by atoms with Gasteiger partial charge in [0.25, 0.3) is 0 Å². The van der Waals surface area contributed by atoms with Crippen molar-refractivity contribution in [2.45, 2.75) is 19.0 Å². The molecule has 4 aromatic rings. The minimum Gasteiger partial charge on any atom is -0.497 e. The highest BCUT2D eigenvalue weighted by atomic mass is 32.1. The van der Waals surface area contributed by atoms with Crippen LogP contribution in [0.1, 0.15) is 29.2 Å². The van der Waals surface area contributed by atoms with Gasteiger partial charge in [0.1, 0.15) is 11.8 Å². The first-order chi connectivity index (χ1) is 15.7. The molecule has 0 aliphatic carbocycles. The number of para-hydroxylation sites is 1. The fourth-order valence-corrected chi connectivity index (χ4v) is 4.74. The van der Waals surface area contributed by atoms with Crippen molar-refractivity contribution in [3.8, 4) is 11.4 Å². The smallest absolute Gasteiger partial charge is 0.174 e. The lowest BCUT2D eigenvalue weighted by Gasteiger charge is -2.29. The van der Waals surface area contributed by atoms with Crippen LogP contribution in [0.25, 0.3) is 5.69 Å². The Kier molecular flexibility index (Phi) is 5.37. The molecular formula is C26H24N4OS. The van der Waals surface area contributed by atoms with Gasteiger partial charge >= 0.3 is 0 Å². The Bertz CT molecular complexity index is 1220. The summed E-state index contributed by atoms with van der Waals surface area (Å²) in [7, 11) is 1.68. The number of rotatable bonds is 5. The summed E-state index contributed by atoms with van der Waals surface area (Å²) < 4.78 is 7.64. The Morgan fingerprint density at radius 3 is 2.31 bits per heavy atom. The Labute approximate surface area is 193 Å². The summed E-state index contributed by atoms with van der Waals surface area (Å²) >= 11 is 5.84. The van der Waals surface area contributed by atoms with Crippen LogP contribution >= 0.6 is 12.2 Å². The molecule has 2 atom stereocenters. The number of nitrogens with one attached hydrogen (secondary N) is 1. The second kappa shape index (κ2) is 8.48. The second-order valence-electron chi connectivity index (χ2n) is 7.77. The Hall–Kier alpha value is -3.64. The molecule has 2 aromatic carbocycles. The Morgan fingerprint density at radius 2 is 1.62 bits per heavy atom. The van der Waals surface area contributed by atoms with E-state index in [-0.39, 0.29) is 12.1 Å². The normalized spacial score (nSPS) is 17.9. The summed E-state index contributed by atoms with van der Waals surface area (Å²) in [6.45, 7) is 2.12. The van der Waals surface area contributed by atoms with Crippen LogP contribution in [0.5, 0.6) is 5.75 Å². The number of hydrogen-bond donors (Lipinski definition) is 1. The first kappa shape index (κ1) is 20.3. The predicted molar refractivity (Wildman–Crippen MR) is 131 cm³/mol. The second-order valence-corrected chi connectivity index (χ2v) is 8.15. The number of ether oxygens (including phenoxy) is 1. The lowest BCUT2D eigenvalue weighted by molar-refractivity contribution is 0.414. The summed E-state index contributed by atoms with van der Waals surface area (Å²) in [5.41, 5.74) is 5.37. The number of benzene rings is 2. The highest BCUT2D eigenvalue weighted by Crippen LogP contribution is 2.42. The Morgan fingerprint density at radius 1 is 0.875 bits per heavy atom. The van der Waals surface area contributed by atoms with Crippen molar-refractivity contribution in [3.05, 3.63) is 108 Å². The number of pyridine rings is 1. The molecule has 0 spiro atoms. The van der Waals surface area contributed by atoms with Crippen LogP contribution in [-0.2, 0) is 0 Å². The lowest BCUT2D eigenvalue weighted by atomic mass is 10.0. The van der Waals surface area contributed by atoms with E-state index in [1.54, 1.807) is 7.11 Å². The van der Waals surface area contributed by atoms with Gasteiger partial charge in [-0.3, -0.25) is 4.98 Å². The minimum absolute atomic E-state index is 0.0735. The van der Waals surface area contributed by atoms with Crippen LogP contribution in [0.3, 0.4) is 0 Å². The summed E-state index contributed by atoms with van der Waals surface area (Å²) in [4.78, 5) is 6.85. The third-order valence-corrected chi connectivity index (χ3v) is 6.19. The van der Waals surface area contributed by atoms with E-state index < -0.39 is 0 Å². The maximum Gasteiger partial charge on any atom is 0.174 e. The van der Waals surface area contributed by atoms with Crippen molar-refractivity contribution < 1.29 is 4.74 Å². The molecule has 2 aromatic heterocycles. The molecule has 0 unspecified atom stereocenters. The van der Waals surface area contributed by atoms with Crippen LogP contribution in [0.15, 0.2) is 91.1 Å². The van der Waals surface area contributed by atoms with Gasteiger partial charge in [-0.05, 0) is 79.8 Å². The molecule has 1 aliphatic rings. The van der Waals surface area contributed by atoms with E-state index >= 15 is 0 Å². The van der Waals surface area contributed by atoms with E-state index in [4.69, 9.17) is 17.0 Å². The molecule has 1 saturated heterocycles. The van der Waals surface area contributed by atoms with Gasteiger partial charge in [-0.15, -0.1) is 0 Å². The average molecular weight is 441 g/mol. The van der Waals surface area contributed by atoms with Crippen LogP contribution in [0.2, 0.25) is 0 Å². The molecule has 5 nitrogen and oxygen atoms in total. The highest BCUT2D eigenvalue weighted by Gasteiger charge is 2.42. The number of hydrogen-bond acceptors (Lipinski definition) is 3. The molecule has 5 rings (SSSR count). The maximum atomic E-state index is 5.84. The van der Waals surface area contributed by atoms with E-state index in [0.29, 0.717) is 5.11 Å². The van der Waals surface area contributed by atoms with Gasteiger partial charge in [-0.25, -0.2) is 0 Å². The van der Waals surface area contributed by atoms with Gasteiger partial charge in [-0.1, -0.05) is 24.3 Å². The van der Waals surface area contributed by atoms with Gasteiger partial charge < -0.3 is 19.5 Å². The number of aromatic nitrogens is 2. The molecule has 1 N–H and O–H groups in total. The fourth-order valence-electron chi connectivity index (χ4n) is 4.40. The van der Waals surface area contributed by atoms with Crippen LogP contribution in [-0.4, -0.2) is 21.8 Å². The molecule has 0 radical (unpaired) electrons. The van der Waals surface area contributed by atoms with Gasteiger partial charge in [0.15, 0.2) is 5.11 Å². The first-order valence-corrected chi connectivity index (χ1v) is 11.0. The van der Waals surface area contributed by atoms with Crippen molar-refractivity contribution in [3.63, 3.8) is 0 Å². The van der Waals surface area contributed by atoms with Crippen molar-refractivity contribution in [2.24, 2.45) is 0 Å².